The smallest absolute Gasteiger partial charge is 0.264 e. The number of nitrogens with one attached hydrogen (secondary N) is 1. The van der Waals surface area contributed by atoms with Gasteiger partial charge in [-0.1, -0.05) is 12.1 Å². The summed E-state index contributed by atoms with van der Waals surface area (Å²) in [6.45, 7) is 0. The first-order valence-electron chi connectivity index (χ1n) is 8.31. The van der Waals surface area contributed by atoms with E-state index in [0.717, 1.165) is 16.9 Å². The number of benzene rings is 2. The summed E-state index contributed by atoms with van der Waals surface area (Å²) in [6.07, 6.45) is 3.35. The Kier molecular flexibility index (Phi) is 6.33. The molecule has 8 heteroatoms. The van der Waals surface area contributed by atoms with Crippen LogP contribution in [0.25, 0.3) is 6.08 Å². The van der Waals surface area contributed by atoms with E-state index in [0.29, 0.717) is 21.6 Å². The molecule has 1 amide bonds. The molecule has 0 unspecified atom stereocenters. The number of nitrogens with zero attached hydrogens (tertiary/aromatic N) is 2. The van der Waals surface area contributed by atoms with Crippen molar-refractivity contribution in [1.82, 2.24) is 5.32 Å². The maximum absolute atomic E-state index is 12.1. The predicted octanol–water partition coefficient (Wildman–Crippen LogP) is 3.31. The standard InChI is InChI=1S/C20H19N3O4S/c1-25-15-7-4-13(5-8-15)10-18-19(24)22-20(28-18)23-21-12-14-6-9-16(26-2)11-17(14)27-3/h4-12H,1-3H3,(H,22,23,24)/b18-10-,21-12?. The predicted molar refractivity (Wildman–Crippen MR) is 111 cm³/mol. The van der Waals surface area contributed by atoms with E-state index < -0.39 is 0 Å². The molecule has 1 aliphatic heterocycles. The first kappa shape index (κ1) is 19.5. The normalized spacial score (nSPS) is 16.6. The van der Waals surface area contributed by atoms with Gasteiger partial charge < -0.3 is 14.2 Å². The second-order valence-electron chi connectivity index (χ2n) is 5.60. The Morgan fingerprint density at radius 3 is 2.36 bits per heavy atom. The lowest BCUT2D eigenvalue weighted by Gasteiger charge is -2.06. The van der Waals surface area contributed by atoms with Gasteiger partial charge in [0.05, 0.1) is 32.4 Å². The fourth-order valence-electron chi connectivity index (χ4n) is 2.40. The largest absolute Gasteiger partial charge is 0.497 e. The molecule has 0 bridgehead atoms. The molecule has 2 aromatic carbocycles. The van der Waals surface area contributed by atoms with Crippen molar-refractivity contribution in [2.45, 2.75) is 0 Å². The number of methoxy groups -OCH3 is 3. The number of amidine groups is 1. The molecular formula is C20H19N3O4S. The number of carbonyl (C=O) groups excluding carboxylic acids is 1. The highest BCUT2D eigenvalue weighted by molar-refractivity contribution is 8.18. The summed E-state index contributed by atoms with van der Waals surface area (Å²) in [5.41, 5.74) is 1.64. The summed E-state index contributed by atoms with van der Waals surface area (Å²) in [5, 5.41) is 11.2. The van der Waals surface area contributed by atoms with Gasteiger partial charge in [-0.2, -0.15) is 5.10 Å². The first-order valence-corrected chi connectivity index (χ1v) is 9.12. The SMILES string of the molecule is COc1ccc(/C=C2\SC(=NN=Cc3ccc(OC)cc3OC)NC2=O)cc1. The molecule has 2 aromatic rings. The van der Waals surface area contributed by atoms with E-state index in [1.807, 2.05) is 30.3 Å². The second-order valence-corrected chi connectivity index (χ2v) is 6.63. The van der Waals surface area contributed by atoms with Gasteiger partial charge in [0.15, 0.2) is 5.17 Å². The molecule has 1 N–H and O–H groups in total. The average molecular weight is 397 g/mol. The van der Waals surface area contributed by atoms with Crippen LogP contribution in [0.2, 0.25) is 0 Å². The number of hydrogen-bond acceptors (Lipinski definition) is 7. The van der Waals surface area contributed by atoms with E-state index in [-0.39, 0.29) is 5.91 Å². The van der Waals surface area contributed by atoms with Crippen molar-refractivity contribution in [3.8, 4) is 17.2 Å². The Hall–Kier alpha value is -3.26. The molecule has 0 saturated carbocycles. The third-order valence-corrected chi connectivity index (χ3v) is 4.75. The summed E-state index contributed by atoms with van der Waals surface area (Å²) in [4.78, 5) is 12.7. The van der Waals surface area contributed by atoms with Crippen molar-refractivity contribution >= 4 is 35.1 Å². The molecule has 0 aliphatic carbocycles. The van der Waals surface area contributed by atoms with Gasteiger partial charge in [0, 0.05) is 11.6 Å². The minimum atomic E-state index is -0.211. The Morgan fingerprint density at radius 2 is 1.68 bits per heavy atom. The summed E-state index contributed by atoms with van der Waals surface area (Å²) in [7, 11) is 4.77. The minimum Gasteiger partial charge on any atom is -0.497 e. The highest BCUT2D eigenvalue weighted by Crippen LogP contribution is 2.27. The molecule has 3 rings (SSSR count). The highest BCUT2D eigenvalue weighted by atomic mass is 32.2. The minimum absolute atomic E-state index is 0.211. The molecule has 0 aromatic heterocycles. The van der Waals surface area contributed by atoms with Gasteiger partial charge in [0.2, 0.25) is 0 Å². The molecule has 1 fully saturated rings. The fraction of sp³-hybridized carbons (Fsp3) is 0.150. The maximum atomic E-state index is 12.1. The van der Waals surface area contributed by atoms with Crippen LogP contribution in [0.5, 0.6) is 17.2 Å². The van der Waals surface area contributed by atoms with Crippen LogP contribution in [0.3, 0.4) is 0 Å². The van der Waals surface area contributed by atoms with Gasteiger partial charge in [0.1, 0.15) is 17.2 Å². The van der Waals surface area contributed by atoms with E-state index in [1.165, 1.54) is 11.8 Å². The van der Waals surface area contributed by atoms with E-state index in [2.05, 4.69) is 15.5 Å². The molecule has 0 spiro atoms. The quantitative estimate of drug-likeness (QED) is 0.459. The van der Waals surface area contributed by atoms with Crippen LogP contribution in [0.15, 0.2) is 57.6 Å². The molecule has 0 radical (unpaired) electrons. The van der Waals surface area contributed by atoms with Gasteiger partial charge in [0.25, 0.3) is 5.91 Å². The van der Waals surface area contributed by atoms with Crippen LogP contribution in [0.4, 0.5) is 0 Å². The third kappa shape index (κ3) is 4.72. The van der Waals surface area contributed by atoms with Crippen molar-refractivity contribution in [1.29, 1.82) is 0 Å². The fourth-order valence-corrected chi connectivity index (χ4v) is 3.17. The van der Waals surface area contributed by atoms with E-state index in [9.17, 15) is 4.79 Å². The van der Waals surface area contributed by atoms with Crippen molar-refractivity contribution < 1.29 is 19.0 Å². The number of rotatable bonds is 6. The third-order valence-electron chi connectivity index (χ3n) is 3.85. The summed E-state index contributed by atoms with van der Waals surface area (Å²) in [6, 6.07) is 12.8. The second kappa shape index (κ2) is 9.09. The van der Waals surface area contributed by atoms with Crippen LogP contribution in [0, 0.1) is 0 Å². The Bertz CT molecular complexity index is 952. The molecule has 0 atom stereocenters. The topological polar surface area (TPSA) is 81.5 Å². The molecule has 1 saturated heterocycles. The molecule has 144 valence electrons. The Balaban J connectivity index is 1.71. The van der Waals surface area contributed by atoms with Crippen LogP contribution < -0.4 is 19.5 Å². The van der Waals surface area contributed by atoms with Crippen LogP contribution >= 0.6 is 11.8 Å². The number of ether oxygens (including phenoxy) is 3. The lowest BCUT2D eigenvalue weighted by Crippen LogP contribution is -2.19. The monoisotopic (exact) mass is 397 g/mol. The van der Waals surface area contributed by atoms with Crippen molar-refractivity contribution in [3.63, 3.8) is 0 Å². The average Bonchev–Trinajstić information content (AvgIpc) is 3.07. The number of carbonyl (C=O) groups is 1. The van der Waals surface area contributed by atoms with E-state index in [4.69, 9.17) is 14.2 Å². The molecule has 1 heterocycles. The Morgan fingerprint density at radius 1 is 0.964 bits per heavy atom. The lowest BCUT2D eigenvalue weighted by molar-refractivity contribution is -0.115. The molecule has 28 heavy (non-hydrogen) atoms. The molecule has 7 nitrogen and oxygen atoms in total. The number of thioether (sulfide) groups is 1. The van der Waals surface area contributed by atoms with Crippen LogP contribution in [-0.4, -0.2) is 38.6 Å². The summed E-state index contributed by atoms with van der Waals surface area (Å²) >= 11 is 1.23. The first-order chi connectivity index (χ1) is 13.6. The highest BCUT2D eigenvalue weighted by Gasteiger charge is 2.23. The van der Waals surface area contributed by atoms with Gasteiger partial charge in [-0.3, -0.25) is 10.1 Å². The van der Waals surface area contributed by atoms with Crippen molar-refractivity contribution in [2.75, 3.05) is 21.3 Å². The molecular weight excluding hydrogens is 378 g/mol. The Labute approximate surface area is 167 Å². The zero-order valence-electron chi connectivity index (χ0n) is 15.6. The summed E-state index contributed by atoms with van der Waals surface area (Å²) < 4.78 is 15.6. The van der Waals surface area contributed by atoms with Crippen LogP contribution in [0.1, 0.15) is 11.1 Å². The summed E-state index contributed by atoms with van der Waals surface area (Å²) in [5.74, 6) is 1.85. The maximum Gasteiger partial charge on any atom is 0.264 e. The number of hydrogen-bond donors (Lipinski definition) is 1. The van der Waals surface area contributed by atoms with E-state index >= 15 is 0 Å². The number of amides is 1. The zero-order valence-corrected chi connectivity index (χ0v) is 16.4. The lowest BCUT2D eigenvalue weighted by atomic mass is 10.2. The van der Waals surface area contributed by atoms with E-state index in [1.54, 1.807) is 45.8 Å². The van der Waals surface area contributed by atoms with Gasteiger partial charge in [-0.05, 0) is 47.7 Å². The van der Waals surface area contributed by atoms with Crippen molar-refractivity contribution in [3.05, 3.63) is 58.5 Å². The van der Waals surface area contributed by atoms with Gasteiger partial charge >= 0.3 is 0 Å². The van der Waals surface area contributed by atoms with Gasteiger partial charge in [-0.15, -0.1) is 5.10 Å². The van der Waals surface area contributed by atoms with Gasteiger partial charge in [-0.25, -0.2) is 0 Å². The van der Waals surface area contributed by atoms with Crippen LogP contribution in [-0.2, 0) is 4.79 Å². The zero-order chi connectivity index (χ0) is 19.9. The van der Waals surface area contributed by atoms with Crippen molar-refractivity contribution in [2.24, 2.45) is 10.2 Å². The molecule has 1 aliphatic rings.